The largest absolute Gasteiger partial charge is 0.497 e. The van der Waals surface area contributed by atoms with Crippen molar-refractivity contribution in [3.63, 3.8) is 0 Å². The summed E-state index contributed by atoms with van der Waals surface area (Å²) in [6, 6.07) is 5.84. The van der Waals surface area contributed by atoms with Crippen LogP contribution in [0.15, 0.2) is 35.9 Å². The van der Waals surface area contributed by atoms with Crippen LogP contribution in [0.25, 0.3) is 5.03 Å². The second-order valence-corrected chi connectivity index (χ2v) is 5.09. The lowest BCUT2D eigenvalue weighted by atomic mass is 9.91. The Labute approximate surface area is 129 Å². The van der Waals surface area contributed by atoms with Crippen LogP contribution in [0.3, 0.4) is 0 Å². The number of hydroxylamine groups is 2. The number of hydrogen-bond acceptors (Lipinski definition) is 3. The number of halogens is 1. The second-order valence-electron chi connectivity index (χ2n) is 4.71. The van der Waals surface area contributed by atoms with Crippen molar-refractivity contribution in [3.8, 4) is 5.75 Å². The van der Waals surface area contributed by atoms with Gasteiger partial charge in [0, 0.05) is 13.1 Å². The van der Waals surface area contributed by atoms with E-state index in [1.165, 1.54) is 13.2 Å². The summed E-state index contributed by atoms with van der Waals surface area (Å²) in [4.78, 5) is 16.5. The highest BCUT2D eigenvalue weighted by Crippen LogP contribution is 2.36. The number of rotatable bonds is 4. The van der Waals surface area contributed by atoms with Crippen molar-refractivity contribution >= 4 is 22.5 Å². The highest BCUT2D eigenvalue weighted by molar-refractivity contribution is 6.49. The predicted molar refractivity (Wildman–Crippen MR) is 83.0 cm³/mol. The van der Waals surface area contributed by atoms with E-state index in [1.807, 2.05) is 18.2 Å². The van der Waals surface area contributed by atoms with E-state index >= 15 is 0 Å². The summed E-state index contributed by atoms with van der Waals surface area (Å²) in [7, 11) is 4.65. The van der Waals surface area contributed by atoms with Gasteiger partial charge in [-0.15, -0.1) is 0 Å². The van der Waals surface area contributed by atoms with E-state index in [9.17, 15) is 4.79 Å². The minimum Gasteiger partial charge on any atom is -0.497 e. The molecule has 0 spiro atoms. The highest BCUT2D eigenvalue weighted by Gasteiger charge is 2.17. The van der Waals surface area contributed by atoms with Crippen LogP contribution in [0, 0.1) is 0 Å². The normalized spacial score (nSPS) is 14.3. The molecule has 112 valence electrons. The molecule has 1 aromatic carbocycles. The molecule has 1 aliphatic rings. The number of methoxy groups -OCH3 is 1. The van der Waals surface area contributed by atoms with E-state index in [-0.39, 0.29) is 5.91 Å². The average molecular weight is 308 g/mol. The monoisotopic (exact) mass is 307 g/mol. The van der Waals surface area contributed by atoms with Crippen LogP contribution in [0.5, 0.6) is 5.75 Å². The molecule has 0 saturated heterocycles. The zero-order valence-corrected chi connectivity index (χ0v) is 13.1. The first-order valence-corrected chi connectivity index (χ1v) is 7.00. The molecule has 1 amide bonds. The van der Waals surface area contributed by atoms with Crippen LogP contribution in [-0.4, -0.2) is 32.2 Å². The maximum Gasteiger partial charge on any atom is 0.269 e. The van der Waals surface area contributed by atoms with Crippen LogP contribution in [-0.2, 0) is 16.1 Å². The van der Waals surface area contributed by atoms with Crippen molar-refractivity contribution in [1.29, 1.82) is 0 Å². The standard InChI is InChI=1S/C16H18ClNO3/c1-18(21-3)15(19)9-6-11-4-5-12-10-13(20-2)7-8-14(12)16(11)17/h6-10H,4-5H2,1-3H3/b9-6+. The van der Waals surface area contributed by atoms with Crippen molar-refractivity contribution in [3.05, 3.63) is 47.1 Å². The summed E-state index contributed by atoms with van der Waals surface area (Å²) in [6.45, 7) is 0. The number of allylic oxidation sites excluding steroid dienone is 2. The number of carbonyl (C=O) groups is 1. The first-order chi connectivity index (χ1) is 10.1. The number of benzene rings is 1. The second kappa shape index (κ2) is 6.78. The van der Waals surface area contributed by atoms with Crippen LogP contribution in [0.1, 0.15) is 17.5 Å². The summed E-state index contributed by atoms with van der Waals surface area (Å²) in [5.41, 5.74) is 3.11. The molecule has 0 radical (unpaired) electrons. The number of ether oxygens (including phenoxy) is 1. The molecule has 21 heavy (non-hydrogen) atoms. The quantitative estimate of drug-likeness (QED) is 0.633. The molecular weight excluding hydrogens is 290 g/mol. The van der Waals surface area contributed by atoms with Gasteiger partial charge in [-0.1, -0.05) is 17.7 Å². The summed E-state index contributed by atoms with van der Waals surface area (Å²) in [5, 5.41) is 1.84. The lowest BCUT2D eigenvalue weighted by molar-refractivity contribution is -0.162. The summed E-state index contributed by atoms with van der Waals surface area (Å²) in [6.07, 6.45) is 4.89. The van der Waals surface area contributed by atoms with E-state index in [0.717, 1.165) is 40.4 Å². The number of likely N-dealkylation sites (N-methyl/N-ethyl adjacent to an activating group) is 1. The Morgan fingerprint density at radius 3 is 2.76 bits per heavy atom. The zero-order chi connectivity index (χ0) is 15.4. The summed E-state index contributed by atoms with van der Waals surface area (Å²) >= 11 is 6.44. The SMILES string of the molecule is COc1ccc2c(c1)CCC(/C=C/C(=O)N(C)OC)=C2Cl. The van der Waals surface area contributed by atoms with Gasteiger partial charge in [-0.05, 0) is 47.7 Å². The van der Waals surface area contributed by atoms with Crippen molar-refractivity contribution in [2.45, 2.75) is 12.8 Å². The Hall–Kier alpha value is -1.78. The molecule has 0 bridgehead atoms. The van der Waals surface area contributed by atoms with Gasteiger partial charge < -0.3 is 4.74 Å². The van der Waals surface area contributed by atoms with Gasteiger partial charge in [-0.2, -0.15) is 0 Å². The molecule has 1 aliphatic carbocycles. The third-order valence-corrected chi connectivity index (χ3v) is 3.95. The molecule has 0 saturated carbocycles. The predicted octanol–water partition coefficient (Wildman–Crippen LogP) is 3.17. The average Bonchev–Trinajstić information content (AvgIpc) is 2.52. The van der Waals surface area contributed by atoms with Gasteiger partial charge >= 0.3 is 0 Å². The molecule has 0 aliphatic heterocycles. The Balaban J connectivity index is 2.25. The molecule has 0 fully saturated rings. The topological polar surface area (TPSA) is 38.8 Å². The molecule has 5 heteroatoms. The van der Waals surface area contributed by atoms with E-state index in [2.05, 4.69) is 0 Å². The molecule has 0 unspecified atom stereocenters. The van der Waals surface area contributed by atoms with E-state index < -0.39 is 0 Å². The van der Waals surface area contributed by atoms with Gasteiger partial charge in [0.15, 0.2) is 0 Å². The maximum atomic E-state index is 11.7. The molecule has 0 aromatic heterocycles. The Bertz CT molecular complexity index is 608. The van der Waals surface area contributed by atoms with Crippen LogP contribution in [0.2, 0.25) is 0 Å². The van der Waals surface area contributed by atoms with Crippen molar-refractivity contribution < 1.29 is 14.4 Å². The molecule has 0 atom stereocenters. The van der Waals surface area contributed by atoms with Gasteiger partial charge in [0.1, 0.15) is 5.75 Å². The maximum absolute atomic E-state index is 11.7. The Morgan fingerprint density at radius 2 is 2.10 bits per heavy atom. The fraction of sp³-hybridized carbons (Fsp3) is 0.312. The highest BCUT2D eigenvalue weighted by atomic mass is 35.5. The summed E-state index contributed by atoms with van der Waals surface area (Å²) in [5.74, 6) is 0.601. The molecule has 0 N–H and O–H groups in total. The van der Waals surface area contributed by atoms with Crippen molar-refractivity contribution in [2.75, 3.05) is 21.3 Å². The number of fused-ring (bicyclic) bond motifs is 1. The first kappa shape index (κ1) is 15.6. The summed E-state index contributed by atoms with van der Waals surface area (Å²) < 4.78 is 5.22. The third kappa shape index (κ3) is 3.46. The third-order valence-electron chi connectivity index (χ3n) is 3.51. The van der Waals surface area contributed by atoms with Gasteiger partial charge in [-0.3, -0.25) is 9.63 Å². The van der Waals surface area contributed by atoms with Crippen molar-refractivity contribution in [1.82, 2.24) is 5.06 Å². The van der Waals surface area contributed by atoms with Crippen LogP contribution >= 0.6 is 11.6 Å². The van der Waals surface area contributed by atoms with Gasteiger partial charge in [-0.25, -0.2) is 5.06 Å². The Kier molecular flexibility index (Phi) is 5.04. The Morgan fingerprint density at radius 1 is 1.33 bits per heavy atom. The van der Waals surface area contributed by atoms with E-state index in [0.29, 0.717) is 5.03 Å². The van der Waals surface area contributed by atoms with E-state index in [1.54, 1.807) is 20.2 Å². The molecular formula is C16H18ClNO3. The fourth-order valence-corrected chi connectivity index (χ4v) is 2.54. The van der Waals surface area contributed by atoms with Gasteiger partial charge in [0.2, 0.25) is 0 Å². The van der Waals surface area contributed by atoms with Crippen LogP contribution < -0.4 is 4.74 Å². The number of nitrogens with zero attached hydrogens (tertiary/aromatic N) is 1. The van der Waals surface area contributed by atoms with Gasteiger partial charge in [0.25, 0.3) is 5.91 Å². The van der Waals surface area contributed by atoms with Crippen LogP contribution in [0.4, 0.5) is 0 Å². The number of aryl methyl sites for hydroxylation is 1. The number of amides is 1. The fourth-order valence-electron chi connectivity index (χ4n) is 2.19. The lowest BCUT2D eigenvalue weighted by Crippen LogP contribution is -2.23. The zero-order valence-electron chi connectivity index (χ0n) is 12.4. The molecule has 0 heterocycles. The van der Waals surface area contributed by atoms with E-state index in [4.69, 9.17) is 21.2 Å². The molecule has 2 rings (SSSR count). The number of carbonyl (C=O) groups excluding carboxylic acids is 1. The minimum absolute atomic E-state index is 0.227. The smallest absolute Gasteiger partial charge is 0.269 e. The number of hydrogen-bond donors (Lipinski definition) is 0. The lowest BCUT2D eigenvalue weighted by Gasteiger charge is -2.19. The minimum atomic E-state index is -0.227. The first-order valence-electron chi connectivity index (χ1n) is 6.62. The molecule has 1 aromatic rings. The van der Waals surface area contributed by atoms with Gasteiger partial charge in [0.05, 0.1) is 19.3 Å². The molecule has 4 nitrogen and oxygen atoms in total. The van der Waals surface area contributed by atoms with Crippen molar-refractivity contribution in [2.24, 2.45) is 0 Å².